The molecule has 1 aliphatic rings. The Morgan fingerprint density at radius 3 is 2.56 bits per heavy atom. The van der Waals surface area contributed by atoms with Gasteiger partial charge in [0.1, 0.15) is 29.2 Å². The lowest BCUT2D eigenvalue weighted by molar-refractivity contribution is 0.0240. The highest BCUT2D eigenvalue weighted by Gasteiger charge is 2.28. The van der Waals surface area contributed by atoms with Crippen LogP contribution in [0.4, 0.5) is 26.4 Å². The molecular weight excluding hydrogens is 463 g/mol. The molecule has 192 valence electrons. The largest absolute Gasteiger partial charge is 0.444 e. The Labute approximate surface area is 210 Å². The fraction of sp³-hybridized carbons (Fsp3) is 0.462. The van der Waals surface area contributed by atoms with Crippen molar-refractivity contribution < 1.29 is 18.4 Å². The van der Waals surface area contributed by atoms with Gasteiger partial charge in [-0.3, -0.25) is 0 Å². The Morgan fingerprint density at radius 2 is 1.89 bits per heavy atom. The third-order valence-corrected chi connectivity index (χ3v) is 5.88. The van der Waals surface area contributed by atoms with Crippen molar-refractivity contribution in [2.45, 2.75) is 53.1 Å². The van der Waals surface area contributed by atoms with E-state index in [1.807, 2.05) is 41.5 Å². The number of hydrogen-bond acceptors (Lipinski definition) is 8. The van der Waals surface area contributed by atoms with E-state index in [0.29, 0.717) is 54.7 Å². The fourth-order valence-electron chi connectivity index (χ4n) is 4.18. The van der Waals surface area contributed by atoms with Gasteiger partial charge in [-0.1, -0.05) is 19.0 Å². The zero-order valence-corrected chi connectivity index (χ0v) is 21.6. The lowest BCUT2D eigenvalue weighted by atomic mass is 9.96. The van der Waals surface area contributed by atoms with E-state index >= 15 is 0 Å². The number of benzene rings is 1. The summed E-state index contributed by atoms with van der Waals surface area (Å²) in [4.78, 5) is 25.0. The van der Waals surface area contributed by atoms with Gasteiger partial charge in [0.25, 0.3) is 0 Å². The predicted molar refractivity (Wildman–Crippen MR) is 136 cm³/mol. The number of hydrogen-bond donors (Lipinski definition) is 1. The molecule has 9 nitrogen and oxygen atoms in total. The van der Waals surface area contributed by atoms with Crippen molar-refractivity contribution in [2.24, 2.45) is 0 Å². The van der Waals surface area contributed by atoms with Crippen molar-refractivity contribution in [3.8, 4) is 11.1 Å². The van der Waals surface area contributed by atoms with Gasteiger partial charge in [0, 0.05) is 43.0 Å². The first-order chi connectivity index (χ1) is 17.0. The molecule has 0 aliphatic carbocycles. The summed E-state index contributed by atoms with van der Waals surface area (Å²) in [6, 6.07) is 4.59. The van der Waals surface area contributed by atoms with Gasteiger partial charge < -0.3 is 24.4 Å². The quantitative estimate of drug-likeness (QED) is 0.494. The molecule has 1 fully saturated rings. The molecule has 1 aliphatic heterocycles. The minimum absolute atomic E-state index is 0.102. The summed E-state index contributed by atoms with van der Waals surface area (Å²) < 4.78 is 25.3. The van der Waals surface area contributed by atoms with E-state index in [1.165, 1.54) is 18.5 Å². The van der Waals surface area contributed by atoms with E-state index < -0.39 is 5.60 Å². The molecule has 1 aromatic carbocycles. The van der Waals surface area contributed by atoms with E-state index in [1.54, 1.807) is 17.2 Å². The number of nitrogens with one attached hydrogen (secondary N) is 1. The number of aromatic nitrogens is 3. The molecule has 0 saturated carbocycles. The third kappa shape index (κ3) is 5.58. The SMILES string of the molecule is Cc1onc(C(C)C)c1-c1cc(F)ccc1Nc1cncnc1N1CCN(C(=O)OC(C)(C)C)CC1. The van der Waals surface area contributed by atoms with Gasteiger partial charge in [-0.05, 0) is 51.8 Å². The van der Waals surface area contributed by atoms with Crippen molar-refractivity contribution in [3.63, 3.8) is 0 Å². The molecule has 3 aromatic rings. The number of amides is 1. The van der Waals surface area contributed by atoms with E-state index in [4.69, 9.17) is 9.26 Å². The zero-order valence-electron chi connectivity index (χ0n) is 21.6. The van der Waals surface area contributed by atoms with Crippen LogP contribution >= 0.6 is 0 Å². The van der Waals surface area contributed by atoms with Gasteiger partial charge in [-0.25, -0.2) is 19.2 Å². The van der Waals surface area contributed by atoms with Crippen LogP contribution in [0.1, 0.15) is 52.0 Å². The molecule has 2 aromatic heterocycles. The molecule has 0 unspecified atom stereocenters. The van der Waals surface area contributed by atoms with Crippen LogP contribution in [0.2, 0.25) is 0 Å². The van der Waals surface area contributed by atoms with Gasteiger partial charge in [0.2, 0.25) is 0 Å². The Kier molecular flexibility index (Phi) is 7.14. The lowest BCUT2D eigenvalue weighted by Gasteiger charge is -2.36. The lowest BCUT2D eigenvalue weighted by Crippen LogP contribution is -2.50. The number of anilines is 3. The highest BCUT2D eigenvalue weighted by Crippen LogP contribution is 2.39. The van der Waals surface area contributed by atoms with Gasteiger partial charge in [-0.2, -0.15) is 0 Å². The minimum Gasteiger partial charge on any atom is -0.444 e. The number of halogens is 1. The number of aryl methyl sites for hydroxylation is 1. The summed E-state index contributed by atoms with van der Waals surface area (Å²) in [5.74, 6) is 1.07. The maximum atomic E-state index is 14.4. The Balaban J connectivity index is 1.59. The van der Waals surface area contributed by atoms with Gasteiger partial charge >= 0.3 is 6.09 Å². The van der Waals surface area contributed by atoms with Gasteiger partial charge in [-0.15, -0.1) is 0 Å². The summed E-state index contributed by atoms with van der Waals surface area (Å²) in [5, 5.41) is 7.61. The molecule has 1 saturated heterocycles. The second-order valence-electron chi connectivity index (χ2n) is 10.2. The monoisotopic (exact) mass is 496 g/mol. The molecular formula is C26H33FN6O3. The van der Waals surface area contributed by atoms with Gasteiger partial charge in [0.15, 0.2) is 5.82 Å². The Hall–Kier alpha value is -3.69. The number of ether oxygens (including phenoxy) is 1. The van der Waals surface area contributed by atoms with Crippen LogP contribution in [0.3, 0.4) is 0 Å². The summed E-state index contributed by atoms with van der Waals surface area (Å²) in [7, 11) is 0. The number of carbonyl (C=O) groups excluding carboxylic acids is 1. The predicted octanol–water partition coefficient (Wildman–Crippen LogP) is 5.50. The first kappa shape index (κ1) is 25.4. The highest BCUT2D eigenvalue weighted by molar-refractivity contribution is 5.85. The molecule has 0 radical (unpaired) electrons. The average molecular weight is 497 g/mol. The first-order valence-corrected chi connectivity index (χ1v) is 12.1. The van der Waals surface area contributed by atoms with E-state index in [2.05, 4.69) is 25.3 Å². The van der Waals surface area contributed by atoms with Gasteiger partial charge in [0.05, 0.1) is 11.9 Å². The second-order valence-corrected chi connectivity index (χ2v) is 10.2. The second kappa shape index (κ2) is 10.1. The van der Waals surface area contributed by atoms with Crippen LogP contribution in [-0.2, 0) is 4.74 Å². The van der Waals surface area contributed by atoms with Crippen LogP contribution in [0.15, 0.2) is 35.2 Å². The number of carbonyl (C=O) groups is 1. The normalized spacial score (nSPS) is 14.3. The standard InChI is InChI=1S/C26H33FN6O3/c1-16(2)23-22(17(3)36-31-23)19-13-18(27)7-8-20(19)30-21-14-28-15-29-24(21)32-9-11-33(12-10-32)25(34)35-26(4,5)6/h7-8,13-16,30H,9-12H2,1-6H3. The van der Waals surface area contributed by atoms with E-state index in [-0.39, 0.29) is 17.8 Å². The summed E-state index contributed by atoms with van der Waals surface area (Å²) in [6.07, 6.45) is 2.87. The van der Waals surface area contributed by atoms with Crippen molar-refractivity contribution >= 4 is 23.3 Å². The number of piperazine rings is 1. The summed E-state index contributed by atoms with van der Waals surface area (Å²) in [5.41, 5.74) is 3.02. The smallest absolute Gasteiger partial charge is 0.410 e. The molecule has 4 rings (SSSR count). The number of nitrogens with zero attached hydrogens (tertiary/aromatic N) is 5. The van der Waals surface area contributed by atoms with E-state index in [9.17, 15) is 9.18 Å². The molecule has 10 heteroatoms. The van der Waals surface area contributed by atoms with Crippen LogP contribution < -0.4 is 10.2 Å². The van der Waals surface area contributed by atoms with Crippen LogP contribution in [0.25, 0.3) is 11.1 Å². The summed E-state index contributed by atoms with van der Waals surface area (Å²) >= 11 is 0. The van der Waals surface area contributed by atoms with E-state index in [0.717, 1.165) is 11.3 Å². The topological polar surface area (TPSA) is 96.6 Å². The Bertz CT molecular complexity index is 1230. The molecule has 1 N–H and O–H groups in total. The molecule has 36 heavy (non-hydrogen) atoms. The van der Waals surface area contributed by atoms with Crippen molar-refractivity contribution in [2.75, 3.05) is 36.4 Å². The molecule has 1 amide bonds. The van der Waals surface area contributed by atoms with Crippen molar-refractivity contribution in [3.05, 3.63) is 48.0 Å². The summed E-state index contributed by atoms with van der Waals surface area (Å²) in [6.45, 7) is 13.6. The van der Waals surface area contributed by atoms with Crippen molar-refractivity contribution in [1.82, 2.24) is 20.0 Å². The fourth-order valence-corrected chi connectivity index (χ4v) is 4.18. The van der Waals surface area contributed by atoms with Crippen LogP contribution in [0, 0.1) is 12.7 Å². The first-order valence-electron chi connectivity index (χ1n) is 12.1. The zero-order chi connectivity index (χ0) is 26.0. The molecule has 0 bridgehead atoms. The third-order valence-electron chi connectivity index (χ3n) is 5.88. The van der Waals surface area contributed by atoms with Crippen molar-refractivity contribution in [1.29, 1.82) is 0 Å². The number of rotatable bonds is 5. The molecule has 0 atom stereocenters. The maximum absolute atomic E-state index is 14.4. The van der Waals surface area contributed by atoms with Crippen LogP contribution in [-0.4, -0.2) is 57.9 Å². The average Bonchev–Trinajstić information content (AvgIpc) is 3.21. The van der Waals surface area contributed by atoms with Crippen LogP contribution in [0.5, 0.6) is 0 Å². The highest BCUT2D eigenvalue weighted by atomic mass is 19.1. The minimum atomic E-state index is -0.539. The maximum Gasteiger partial charge on any atom is 0.410 e. The Morgan fingerprint density at radius 1 is 1.17 bits per heavy atom. The molecule has 3 heterocycles. The molecule has 0 spiro atoms.